The number of benzene rings is 1. The number of ether oxygens (including phenoxy) is 1. The van der Waals surface area contributed by atoms with Crippen LogP contribution in [0.25, 0.3) is 0 Å². The van der Waals surface area contributed by atoms with Gasteiger partial charge in [-0.3, -0.25) is 0 Å². The lowest BCUT2D eigenvalue weighted by Gasteiger charge is -2.19. The summed E-state index contributed by atoms with van der Waals surface area (Å²) in [6.45, 7) is 6.47. The van der Waals surface area contributed by atoms with Gasteiger partial charge in [0, 0.05) is 5.56 Å². The molecular weight excluding hydrogens is 196 g/mol. The molecule has 0 aliphatic carbocycles. The SMILES string of the molecule is C/C=C\CC(CC)c1c(C)cccc1OC. The Bertz CT molecular complexity index is 352. The molecule has 0 amide bonds. The normalized spacial score (nSPS) is 13.0. The molecule has 16 heavy (non-hydrogen) atoms. The summed E-state index contributed by atoms with van der Waals surface area (Å²) < 4.78 is 5.46. The van der Waals surface area contributed by atoms with E-state index in [0.29, 0.717) is 5.92 Å². The van der Waals surface area contributed by atoms with Crippen molar-refractivity contribution in [2.24, 2.45) is 0 Å². The van der Waals surface area contributed by atoms with Crippen molar-refractivity contribution in [3.05, 3.63) is 41.5 Å². The largest absolute Gasteiger partial charge is 0.496 e. The van der Waals surface area contributed by atoms with Gasteiger partial charge in [-0.15, -0.1) is 0 Å². The van der Waals surface area contributed by atoms with E-state index in [9.17, 15) is 0 Å². The third-order valence-corrected chi connectivity index (χ3v) is 3.06. The lowest BCUT2D eigenvalue weighted by atomic mass is 9.89. The molecule has 1 nitrogen and oxygen atoms in total. The van der Waals surface area contributed by atoms with Crippen LogP contribution in [-0.4, -0.2) is 7.11 Å². The average molecular weight is 218 g/mol. The van der Waals surface area contributed by atoms with Crippen molar-refractivity contribution in [1.29, 1.82) is 0 Å². The van der Waals surface area contributed by atoms with Crippen LogP contribution in [0.1, 0.15) is 43.7 Å². The Morgan fingerprint density at radius 3 is 2.69 bits per heavy atom. The molecule has 0 fully saturated rings. The maximum absolute atomic E-state index is 5.46. The van der Waals surface area contributed by atoms with Gasteiger partial charge in [0.05, 0.1) is 7.11 Å². The number of rotatable bonds is 5. The van der Waals surface area contributed by atoms with Crippen molar-refractivity contribution in [2.75, 3.05) is 7.11 Å². The summed E-state index contributed by atoms with van der Waals surface area (Å²) in [5, 5.41) is 0. The number of hydrogen-bond acceptors (Lipinski definition) is 1. The van der Waals surface area contributed by atoms with Crippen LogP contribution in [0.15, 0.2) is 30.4 Å². The molecule has 0 saturated heterocycles. The lowest BCUT2D eigenvalue weighted by molar-refractivity contribution is 0.404. The van der Waals surface area contributed by atoms with E-state index in [-0.39, 0.29) is 0 Å². The van der Waals surface area contributed by atoms with Crippen LogP contribution in [0.2, 0.25) is 0 Å². The van der Waals surface area contributed by atoms with Crippen molar-refractivity contribution in [2.45, 2.75) is 39.5 Å². The summed E-state index contributed by atoms with van der Waals surface area (Å²) in [5.74, 6) is 1.59. The zero-order chi connectivity index (χ0) is 12.0. The van der Waals surface area contributed by atoms with Crippen LogP contribution in [0.4, 0.5) is 0 Å². The Balaban J connectivity index is 3.07. The zero-order valence-corrected chi connectivity index (χ0v) is 10.8. The van der Waals surface area contributed by atoms with Gasteiger partial charge in [-0.05, 0) is 44.2 Å². The Hall–Kier alpha value is -1.24. The predicted octanol–water partition coefficient (Wildman–Crippen LogP) is 4.46. The Kier molecular flexibility index (Phi) is 5.10. The minimum Gasteiger partial charge on any atom is -0.496 e. The summed E-state index contributed by atoms with van der Waals surface area (Å²) in [6, 6.07) is 6.27. The molecule has 0 N–H and O–H groups in total. The van der Waals surface area contributed by atoms with Gasteiger partial charge in [-0.1, -0.05) is 31.2 Å². The van der Waals surface area contributed by atoms with Crippen molar-refractivity contribution in [1.82, 2.24) is 0 Å². The van der Waals surface area contributed by atoms with Gasteiger partial charge < -0.3 is 4.74 Å². The van der Waals surface area contributed by atoms with E-state index >= 15 is 0 Å². The third kappa shape index (κ3) is 2.88. The molecule has 0 heterocycles. The van der Waals surface area contributed by atoms with Crippen LogP contribution in [-0.2, 0) is 0 Å². The summed E-state index contributed by atoms with van der Waals surface area (Å²) in [4.78, 5) is 0. The maximum Gasteiger partial charge on any atom is 0.122 e. The smallest absolute Gasteiger partial charge is 0.122 e. The Labute approximate surface area is 99.1 Å². The quantitative estimate of drug-likeness (QED) is 0.663. The molecule has 1 atom stereocenters. The molecule has 1 aromatic rings. The fourth-order valence-corrected chi connectivity index (χ4v) is 2.14. The highest BCUT2D eigenvalue weighted by molar-refractivity contribution is 5.42. The molecule has 0 aliphatic heterocycles. The maximum atomic E-state index is 5.46. The van der Waals surface area contributed by atoms with Crippen molar-refractivity contribution in [3.8, 4) is 5.75 Å². The highest BCUT2D eigenvalue weighted by Crippen LogP contribution is 2.34. The molecule has 0 saturated carbocycles. The second-order valence-corrected chi connectivity index (χ2v) is 4.10. The van der Waals surface area contributed by atoms with Gasteiger partial charge in [0.25, 0.3) is 0 Å². The Morgan fingerprint density at radius 1 is 1.38 bits per heavy atom. The summed E-state index contributed by atoms with van der Waals surface area (Å²) in [7, 11) is 1.75. The minimum atomic E-state index is 0.562. The average Bonchev–Trinajstić information content (AvgIpc) is 2.31. The molecule has 1 unspecified atom stereocenters. The molecule has 0 radical (unpaired) electrons. The molecule has 0 spiro atoms. The van der Waals surface area contributed by atoms with Crippen LogP contribution in [0.5, 0.6) is 5.75 Å². The second-order valence-electron chi connectivity index (χ2n) is 4.10. The first-order chi connectivity index (χ1) is 7.74. The van der Waals surface area contributed by atoms with Crippen LogP contribution in [0.3, 0.4) is 0 Å². The standard InChI is InChI=1S/C15H22O/c1-5-7-10-13(6-2)15-12(3)9-8-11-14(15)16-4/h5,7-9,11,13H,6,10H2,1-4H3/b7-5-. The zero-order valence-electron chi connectivity index (χ0n) is 10.8. The molecule has 1 aromatic carbocycles. The van der Waals surface area contributed by atoms with Crippen molar-refractivity contribution in [3.63, 3.8) is 0 Å². The van der Waals surface area contributed by atoms with Crippen molar-refractivity contribution >= 4 is 0 Å². The number of aryl methyl sites for hydroxylation is 1. The van der Waals surface area contributed by atoms with E-state index < -0.39 is 0 Å². The fourth-order valence-electron chi connectivity index (χ4n) is 2.14. The molecule has 1 heteroatoms. The van der Waals surface area contributed by atoms with E-state index in [1.54, 1.807) is 7.11 Å². The van der Waals surface area contributed by atoms with Crippen LogP contribution < -0.4 is 4.74 Å². The molecule has 88 valence electrons. The molecule has 0 bridgehead atoms. The van der Waals surface area contributed by atoms with Crippen LogP contribution in [0, 0.1) is 6.92 Å². The molecule has 1 rings (SSSR count). The number of hydrogen-bond donors (Lipinski definition) is 0. The predicted molar refractivity (Wildman–Crippen MR) is 70.2 cm³/mol. The first-order valence-corrected chi connectivity index (χ1v) is 5.99. The first kappa shape index (κ1) is 12.8. The molecule has 0 aromatic heterocycles. The molecule has 0 aliphatic rings. The van der Waals surface area contributed by atoms with E-state index in [1.807, 2.05) is 0 Å². The number of allylic oxidation sites excluding steroid dienone is 2. The topological polar surface area (TPSA) is 9.23 Å². The lowest BCUT2D eigenvalue weighted by Crippen LogP contribution is -2.02. The fraction of sp³-hybridized carbons (Fsp3) is 0.467. The third-order valence-electron chi connectivity index (χ3n) is 3.06. The van der Waals surface area contributed by atoms with E-state index in [1.165, 1.54) is 11.1 Å². The van der Waals surface area contributed by atoms with Gasteiger partial charge in [0.15, 0.2) is 0 Å². The van der Waals surface area contributed by atoms with Gasteiger partial charge in [0.2, 0.25) is 0 Å². The minimum absolute atomic E-state index is 0.562. The highest BCUT2D eigenvalue weighted by atomic mass is 16.5. The van der Waals surface area contributed by atoms with Gasteiger partial charge in [0.1, 0.15) is 5.75 Å². The van der Waals surface area contributed by atoms with E-state index in [0.717, 1.165) is 18.6 Å². The second kappa shape index (κ2) is 6.37. The summed E-state index contributed by atoms with van der Waals surface area (Å²) in [6.07, 6.45) is 6.59. The highest BCUT2D eigenvalue weighted by Gasteiger charge is 2.15. The number of methoxy groups -OCH3 is 1. The monoisotopic (exact) mass is 218 g/mol. The van der Waals surface area contributed by atoms with E-state index in [2.05, 4.69) is 51.1 Å². The van der Waals surface area contributed by atoms with Gasteiger partial charge in [-0.25, -0.2) is 0 Å². The summed E-state index contributed by atoms with van der Waals surface area (Å²) in [5.41, 5.74) is 2.70. The summed E-state index contributed by atoms with van der Waals surface area (Å²) >= 11 is 0. The van der Waals surface area contributed by atoms with Crippen molar-refractivity contribution < 1.29 is 4.74 Å². The van der Waals surface area contributed by atoms with E-state index in [4.69, 9.17) is 4.74 Å². The van der Waals surface area contributed by atoms with Crippen LogP contribution >= 0.6 is 0 Å². The van der Waals surface area contributed by atoms with Gasteiger partial charge in [-0.2, -0.15) is 0 Å². The van der Waals surface area contributed by atoms with Gasteiger partial charge >= 0.3 is 0 Å². The first-order valence-electron chi connectivity index (χ1n) is 5.99. The Morgan fingerprint density at radius 2 is 2.12 bits per heavy atom. The molecular formula is C15H22O.